The van der Waals surface area contributed by atoms with Crippen LogP contribution in [0.5, 0.6) is 0 Å². The highest BCUT2D eigenvalue weighted by Gasteiger charge is 2.29. The molecule has 0 atom stereocenters. The first-order valence-corrected chi connectivity index (χ1v) is 10.1. The third-order valence-corrected chi connectivity index (χ3v) is 6.42. The molecule has 1 heterocycles. The molecule has 0 bridgehead atoms. The van der Waals surface area contributed by atoms with Crippen LogP contribution in [0.2, 0.25) is 5.02 Å². The first kappa shape index (κ1) is 17.5. The minimum atomic E-state index is -3.89. The van der Waals surface area contributed by atoms with Crippen LogP contribution in [-0.2, 0) is 9.84 Å². The van der Waals surface area contributed by atoms with E-state index in [0.29, 0.717) is 21.5 Å². The molecular weight excluding hydrogens is 382 g/mol. The molecule has 0 saturated heterocycles. The Morgan fingerprint density at radius 3 is 2.15 bits per heavy atom. The molecule has 0 aliphatic rings. The summed E-state index contributed by atoms with van der Waals surface area (Å²) in [4.78, 5) is 16.2. The van der Waals surface area contributed by atoms with Crippen LogP contribution in [0.15, 0.2) is 88.7 Å². The molecule has 0 saturated carbocycles. The predicted molar refractivity (Wildman–Crippen MR) is 105 cm³/mol. The van der Waals surface area contributed by atoms with Crippen LogP contribution in [-0.4, -0.2) is 19.2 Å². The fourth-order valence-electron chi connectivity index (χ4n) is 3.02. The zero-order valence-corrected chi connectivity index (χ0v) is 15.6. The van der Waals surface area contributed by atoms with Gasteiger partial charge in [0.25, 0.3) is 0 Å². The van der Waals surface area contributed by atoms with Gasteiger partial charge in [-0.15, -0.1) is 0 Å². The van der Waals surface area contributed by atoms with Gasteiger partial charge in [0.05, 0.1) is 4.90 Å². The van der Waals surface area contributed by atoms with Gasteiger partial charge in [-0.05, 0) is 42.5 Å². The van der Waals surface area contributed by atoms with Crippen molar-refractivity contribution >= 4 is 38.1 Å². The highest BCUT2D eigenvalue weighted by molar-refractivity contribution is 7.91. The number of hydrogen-bond acceptors (Lipinski definition) is 3. The fourth-order valence-corrected chi connectivity index (χ4v) is 4.78. The average molecular weight is 396 g/mol. The maximum atomic E-state index is 13.3. The minimum Gasteiger partial charge on any atom is -0.351 e. The number of ketones is 1. The van der Waals surface area contributed by atoms with Crippen molar-refractivity contribution in [3.63, 3.8) is 0 Å². The molecule has 134 valence electrons. The Bertz CT molecular complexity index is 1240. The summed E-state index contributed by atoms with van der Waals surface area (Å²) < 4.78 is 26.7. The van der Waals surface area contributed by atoms with E-state index >= 15 is 0 Å². The Morgan fingerprint density at radius 2 is 1.44 bits per heavy atom. The number of halogens is 1. The van der Waals surface area contributed by atoms with Gasteiger partial charge >= 0.3 is 0 Å². The van der Waals surface area contributed by atoms with Crippen molar-refractivity contribution in [3.8, 4) is 0 Å². The molecule has 0 aliphatic carbocycles. The van der Waals surface area contributed by atoms with E-state index < -0.39 is 15.6 Å². The Morgan fingerprint density at radius 1 is 0.815 bits per heavy atom. The molecule has 4 aromatic rings. The van der Waals surface area contributed by atoms with Crippen molar-refractivity contribution in [3.05, 3.63) is 95.1 Å². The van der Waals surface area contributed by atoms with Gasteiger partial charge in [-0.1, -0.05) is 48.0 Å². The summed E-state index contributed by atoms with van der Waals surface area (Å²) in [5.74, 6) is -0.405. The van der Waals surface area contributed by atoms with Crippen LogP contribution in [0, 0.1) is 0 Å². The lowest BCUT2D eigenvalue weighted by Crippen LogP contribution is -2.10. The smallest absolute Gasteiger partial charge is 0.210 e. The maximum Gasteiger partial charge on any atom is 0.210 e. The summed E-state index contributed by atoms with van der Waals surface area (Å²) in [5, 5.41) is 0.985. The van der Waals surface area contributed by atoms with E-state index in [1.165, 1.54) is 12.1 Å². The number of aromatic nitrogens is 1. The summed E-state index contributed by atoms with van der Waals surface area (Å²) in [6.45, 7) is 0. The van der Waals surface area contributed by atoms with Gasteiger partial charge in [-0.3, -0.25) is 4.79 Å². The van der Waals surface area contributed by atoms with Crippen LogP contribution in [0.3, 0.4) is 0 Å². The second-order valence-corrected chi connectivity index (χ2v) is 8.35. The maximum absolute atomic E-state index is 13.3. The van der Waals surface area contributed by atoms with E-state index in [1.54, 1.807) is 66.7 Å². The van der Waals surface area contributed by atoms with Crippen LogP contribution in [0.4, 0.5) is 0 Å². The lowest BCUT2D eigenvalue weighted by Gasteiger charge is -2.07. The topological polar surface area (TPSA) is 67.0 Å². The average Bonchev–Trinajstić information content (AvgIpc) is 3.09. The van der Waals surface area contributed by atoms with Gasteiger partial charge in [0.15, 0.2) is 0 Å². The van der Waals surface area contributed by atoms with Crippen LogP contribution in [0.1, 0.15) is 16.1 Å². The van der Waals surface area contributed by atoms with Gasteiger partial charge in [0, 0.05) is 21.5 Å². The summed E-state index contributed by atoms with van der Waals surface area (Å²) in [6, 6.07) is 21.4. The second-order valence-electron chi connectivity index (χ2n) is 6.03. The molecule has 1 aromatic heterocycles. The Balaban J connectivity index is 1.98. The monoisotopic (exact) mass is 395 g/mol. The van der Waals surface area contributed by atoms with Gasteiger partial charge in [0.2, 0.25) is 15.6 Å². The second kappa shape index (κ2) is 6.68. The van der Waals surface area contributed by atoms with E-state index in [4.69, 9.17) is 11.6 Å². The highest BCUT2D eigenvalue weighted by atomic mass is 35.5. The van der Waals surface area contributed by atoms with Gasteiger partial charge in [0.1, 0.15) is 10.6 Å². The molecule has 27 heavy (non-hydrogen) atoms. The number of carbonyl (C=O) groups excluding carboxylic acids is 1. The molecule has 0 unspecified atom stereocenters. The van der Waals surface area contributed by atoms with Gasteiger partial charge in [-0.2, -0.15) is 0 Å². The Hall–Kier alpha value is -2.89. The van der Waals surface area contributed by atoms with Crippen molar-refractivity contribution in [1.29, 1.82) is 0 Å². The first-order valence-electron chi connectivity index (χ1n) is 8.19. The normalized spacial score (nSPS) is 11.6. The summed E-state index contributed by atoms with van der Waals surface area (Å²) in [7, 11) is -3.89. The van der Waals surface area contributed by atoms with Gasteiger partial charge < -0.3 is 4.98 Å². The summed E-state index contributed by atoms with van der Waals surface area (Å²) in [6.07, 6.45) is 0. The third-order valence-electron chi connectivity index (χ3n) is 4.31. The zero-order valence-electron chi connectivity index (χ0n) is 14.0. The van der Waals surface area contributed by atoms with E-state index in [0.717, 1.165) is 0 Å². The Labute approximate surface area is 161 Å². The largest absolute Gasteiger partial charge is 0.351 e. The molecule has 4 nitrogen and oxygen atoms in total. The highest BCUT2D eigenvalue weighted by Crippen LogP contribution is 2.33. The standard InChI is InChI=1S/C21H14ClNO3S/c22-15-12-10-14(11-13-15)20(24)19-21(17-8-4-5-9-18(17)23-19)27(25,26)16-6-2-1-3-7-16/h1-13,23H. The lowest BCUT2D eigenvalue weighted by molar-refractivity contribution is 0.103. The quantitative estimate of drug-likeness (QED) is 0.500. The lowest BCUT2D eigenvalue weighted by atomic mass is 10.1. The fraction of sp³-hybridized carbons (Fsp3) is 0. The number of aromatic amines is 1. The number of nitrogens with one attached hydrogen (secondary N) is 1. The molecule has 0 spiro atoms. The third kappa shape index (κ3) is 3.05. The van der Waals surface area contributed by atoms with E-state index in [1.807, 2.05) is 0 Å². The Kier molecular flexibility index (Phi) is 4.34. The van der Waals surface area contributed by atoms with Crippen LogP contribution < -0.4 is 0 Å². The number of sulfone groups is 1. The molecule has 4 rings (SSSR count). The number of fused-ring (bicyclic) bond motifs is 1. The first-order chi connectivity index (χ1) is 13.0. The molecule has 0 fully saturated rings. The molecule has 0 aliphatic heterocycles. The van der Waals surface area contributed by atoms with Crippen molar-refractivity contribution in [2.24, 2.45) is 0 Å². The number of hydrogen-bond donors (Lipinski definition) is 1. The molecular formula is C21H14ClNO3S. The van der Waals surface area contributed by atoms with Crippen molar-refractivity contribution < 1.29 is 13.2 Å². The molecule has 1 N–H and O–H groups in total. The molecule has 3 aromatic carbocycles. The number of H-pyrrole nitrogens is 1. The number of carbonyl (C=O) groups is 1. The number of benzene rings is 3. The number of rotatable bonds is 4. The van der Waals surface area contributed by atoms with Crippen molar-refractivity contribution in [2.75, 3.05) is 0 Å². The zero-order chi connectivity index (χ0) is 19.0. The summed E-state index contributed by atoms with van der Waals surface area (Å²) in [5.41, 5.74) is 0.988. The van der Waals surface area contributed by atoms with Gasteiger partial charge in [-0.25, -0.2) is 8.42 Å². The summed E-state index contributed by atoms with van der Waals surface area (Å²) >= 11 is 5.90. The molecule has 6 heteroatoms. The molecule has 0 radical (unpaired) electrons. The van der Waals surface area contributed by atoms with E-state index in [-0.39, 0.29) is 15.5 Å². The van der Waals surface area contributed by atoms with E-state index in [2.05, 4.69) is 4.98 Å². The van der Waals surface area contributed by atoms with Crippen LogP contribution in [0.25, 0.3) is 10.9 Å². The van der Waals surface area contributed by atoms with Crippen molar-refractivity contribution in [1.82, 2.24) is 4.98 Å². The molecule has 0 amide bonds. The SMILES string of the molecule is O=C(c1ccc(Cl)cc1)c1[nH]c2ccccc2c1S(=O)(=O)c1ccccc1. The number of para-hydroxylation sites is 1. The predicted octanol–water partition coefficient (Wildman–Crippen LogP) is 4.89. The van der Waals surface area contributed by atoms with E-state index in [9.17, 15) is 13.2 Å². The minimum absolute atomic E-state index is 0.00995. The van der Waals surface area contributed by atoms with Crippen molar-refractivity contribution in [2.45, 2.75) is 9.79 Å². The van der Waals surface area contributed by atoms with Crippen LogP contribution >= 0.6 is 11.6 Å².